The van der Waals surface area contributed by atoms with Crippen molar-refractivity contribution in [2.24, 2.45) is 4.99 Å². The van der Waals surface area contributed by atoms with Crippen LogP contribution in [0.2, 0.25) is 0 Å². The highest BCUT2D eigenvalue weighted by Gasteiger charge is 2.21. The van der Waals surface area contributed by atoms with Crippen molar-refractivity contribution in [3.8, 4) is 22.7 Å². The molecule has 0 radical (unpaired) electrons. The molecular formula is C25H28N4O4. The van der Waals surface area contributed by atoms with E-state index < -0.39 is 4.92 Å². The number of hydrogen-bond donors (Lipinski definition) is 1. The molecule has 1 fully saturated rings. The first-order chi connectivity index (χ1) is 16.0. The number of non-ortho nitro benzene ring substituents is 1. The van der Waals surface area contributed by atoms with E-state index in [1.165, 1.54) is 29.7 Å². The molecule has 0 saturated heterocycles. The number of ether oxygens (including phenoxy) is 1. The first-order valence-electron chi connectivity index (χ1n) is 11.3. The van der Waals surface area contributed by atoms with Crippen molar-refractivity contribution in [1.29, 1.82) is 0 Å². The first kappa shape index (κ1) is 22.5. The van der Waals surface area contributed by atoms with Gasteiger partial charge < -0.3 is 4.74 Å². The van der Waals surface area contributed by atoms with Gasteiger partial charge in [0.25, 0.3) is 11.2 Å². The number of aromatic nitrogens is 2. The Balaban J connectivity index is 1.81. The highest BCUT2D eigenvalue weighted by molar-refractivity contribution is 6.03. The van der Waals surface area contributed by atoms with E-state index in [-0.39, 0.29) is 17.3 Å². The van der Waals surface area contributed by atoms with E-state index in [2.05, 4.69) is 5.10 Å². The van der Waals surface area contributed by atoms with E-state index >= 15 is 0 Å². The lowest BCUT2D eigenvalue weighted by Crippen LogP contribution is -2.20. The predicted octanol–water partition coefficient (Wildman–Crippen LogP) is 5.28. The van der Waals surface area contributed by atoms with Crippen molar-refractivity contribution in [2.45, 2.75) is 51.5 Å². The Morgan fingerprint density at radius 2 is 1.70 bits per heavy atom. The second-order valence-electron chi connectivity index (χ2n) is 8.36. The van der Waals surface area contributed by atoms with Gasteiger partial charge in [-0.25, -0.2) is 4.68 Å². The van der Waals surface area contributed by atoms with Gasteiger partial charge in [0.2, 0.25) is 0 Å². The summed E-state index contributed by atoms with van der Waals surface area (Å²) in [7, 11) is 1.61. The smallest absolute Gasteiger partial charge is 0.280 e. The van der Waals surface area contributed by atoms with Gasteiger partial charge in [-0.2, -0.15) is 0 Å². The van der Waals surface area contributed by atoms with Crippen molar-refractivity contribution in [1.82, 2.24) is 9.78 Å². The Kier molecular flexibility index (Phi) is 6.72. The van der Waals surface area contributed by atoms with Gasteiger partial charge in [0, 0.05) is 23.4 Å². The second-order valence-corrected chi connectivity index (χ2v) is 8.36. The van der Waals surface area contributed by atoms with Crippen LogP contribution in [0.4, 0.5) is 5.69 Å². The molecule has 0 aliphatic heterocycles. The van der Waals surface area contributed by atoms with Crippen LogP contribution < -0.4 is 10.3 Å². The summed E-state index contributed by atoms with van der Waals surface area (Å²) in [6.07, 6.45) is 6.87. The van der Waals surface area contributed by atoms with E-state index in [0.717, 1.165) is 37.0 Å². The molecule has 0 atom stereocenters. The van der Waals surface area contributed by atoms with E-state index in [4.69, 9.17) is 9.73 Å². The van der Waals surface area contributed by atoms with E-state index in [1.54, 1.807) is 19.2 Å². The molecule has 8 nitrogen and oxygen atoms in total. The van der Waals surface area contributed by atoms with E-state index in [0.29, 0.717) is 22.7 Å². The molecule has 172 valence electrons. The quantitative estimate of drug-likeness (QED) is 0.240. The normalized spacial score (nSPS) is 15.3. The Morgan fingerprint density at radius 3 is 2.27 bits per heavy atom. The molecule has 33 heavy (non-hydrogen) atoms. The maximum absolute atomic E-state index is 13.5. The van der Waals surface area contributed by atoms with E-state index in [9.17, 15) is 14.9 Å². The van der Waals surface area contributed by atoms with Gasteiger partial charge in [0.1, 0.15) is 5.75 Å². The highest BCUT2D eigenvalue weighted by Crippen LogP contribution is 2.26. The number of benzene rings is 2. The summed E-state index contributed by atoms with van der Waals surface area (Å²) in [6, 6.07) is 13.6. The second kappa shape index (κ2) is 9.85. The highest BCUT2D eigenvalue weighted by atomic mass is 16.6. The molecule has 3 aromatic rings. The fraction of sp³-hybridized carbons (Fsp3) is 0.360. The Morgan fingerprint density at radius 1 is 1.06 bits per heavy atom. The number of H-pyrrole nitrogens is 1. The minimum Gasteiger partial charge on any atom is -0.497 e. The zero-order chi connectivity index (χ0) is 23.4. The van der Waals surface area contributed by atoms with Crippen molar-refractivity contribution < 1.29 is 9.66 Å². The number of aliphatic imine (C=N–C) groups is 1. The molecule has 0 unspecified atom stereocenters. The lowest BCUT2D eigenvalue weighted by molar-refractivity contribution is -0.384. The van der Waals surface area contributed by atoms with Crippen LogP contribution in [-0.2, 0) is 0 Å². The summed E-state index contributed by atoms with van der Waals surface area (Å²) in [4.78, 5) is 29.1. The number of nitro groups is 1. The number of rotatable bonds is 6. The lowest BCUT2D eigenvalue weighted by atomic mass is 10.0. The molecule has 0 spiro atoms. The molecule has 0 amide bonds. The number of nitrogens with zero attached hydrogens (tertiary/aromatic N) is 3. The molecule has 1 aromatic heterocycles. The maximum Gasteiger partial charge on any atom is 0.280 e. The van der Waals surface area contributed by atoms with Crippen molar-refractivity contribution in [3.63, 3.8) is 0 Å². The fourth-order valence-corrected chi connectivity index (χ4v) is 4.37. The standard InChI is InChI=1S/C25H28N4O4/c1-17(26-19-7-5-3-4-6-8-19)23-24(18-9-15-22(33-2)16-10-18)27-28(25(23)30)20-11-13-21(14-12-20)29(31)32/h9-16,19,27H,3-8H2,1-2H3. The molecule has 0 bridgehead atoms. The van der Waals surface area contributed by atoms with Crippen LogP contribution in [0.1, 0.15) is 51.0 Å². The van der Waals surface area contributed by atoms with Gasteiger partial charge in [0.15, 0.2) is 0 Å². The number of hydrogen-bond acceptors (Lipinski definition) is 5. The van der Waals surface area contributed by atoms with E-state index in [1.807, 2.05) is 31.2 Å². The summed E-state index contributed by atoms with van der Waals surface area (Å²) >= 11 is 0. The molecule has 1 heterocycles. The maximum atomic E-state index is 13.5. The molecule has 1 aliphatic rings. The van der Waals surface area contributed by atoms with Crippen molar-refractivity contribution in [2.75, 3.05) is 7.11 Å². The molecule has 8 heteroatoms. The van der Waals surface area contributed by atoms with Gasteiger partial charge >= 0.3 is 0 Å². The fourth-order valence-electron chi connectivity index (χ4n) is 4.37. The molecule has 1 aliphatic carbocycles. The van der Waals surface area contributed by atoms with Crippen LogP contribution in [0.3, 0.4) is 0 Å². The minimum absolute atomic E-state index is 0.0277. The van der Waals surface area contributed by atoms with Crippen LogP contribution in [-0.4, -0.2) is 33.6 Å². The number of nitrogens with one attached hydrogen (secondary N) is 1. The topological polar surface area (TPSA) is 103 Å². The van der Waals surface area contributed by atoms with Crippen LogP contribution in [0.25, 0.3) is 16.9 Å². The van der Waals surface area contributed by atoms with Crippen molar-refractivity contribution in [3.05, 3.63) is 74.6 Å². The van der Waals surface area contributed by atoms with Crippen LogP contribution in [0.5, 0.6) is 5.75 Å². The van der Waals surface area contributed by atoms with Gasteiger partial charge in [-0.1, -0.05) is 25.7 Å². The predicted molar refractivity (Wildman–Crippen MR) is 129 cm³/mol. The summed E-state index contributed by atoms with van der Waals surface area (Å²) in [5.41, 5.74) is 2.98. The largest absolute Gasteiger partial charge is 0.497 e. The zero-order valence-electron chi connectivity index (χ0n) is 18.9. The minimum atomic E-state index is -0.459. The molecular weight excluding hydrogens is 420 g/mol. The van der Waals surface area contributed by atoms with Gasteiger partial charge in [-0.05, 0) is 56.2 Å². The van der Waals surface area contributed by atoms with Crippen LogP contribution in [0.15, 0.2) is 58.3 Å². The number of methoxy groups -OCH3 is 1. The third-order valence-electron chi connectivity index (χ3n) is 6.15. The Labute approximate surface area is 192 Å². The SMILES string of the molecule is COc1ccc(-c2[nH]n(-c3ccc([N+](=O)[O-])cc3)c(=O)c2C(C)=NC2CCCCCC2)cc1. The molecule has 1 saturated carbocycles. The summed E-state index contributed by atoms with van der Waals surface area (Å²) < 4.78 is 6.69. The monoisotopic (exact) mass is 448 g/mol. The Hall–Kier alpha value is -3.68. The lowest BCUT2D eigenvalue weighted by Gasteiger charge is -2.10. The number of aromatic amines is 1. The average molecular weight is 449 g/mol. The Bertz CT molecular complexity index is 1200. The van der Waals surface area contributed by atoms with Gasteiger partial charge in [-0.15, -0.1) is 0 Å². The first-order valence-corrected chi connectivity index (χ1v) is 11.3. The summed E-state index contributed by atoms with van der Waals surface area (Å²) in [5, 5.41) is 14.2. The zero-order valence-corrected chi connectivity index (χ0v) is 18.9. The number of nitro benzene ring substituents is 1. The molecule has 4 rings (SSSR count). The molecule has 2 aromatic carbocycles. The third kappa shape index (κ3) is 4.89. The van der Waals surface area contributed by atoms with Crippen molar-refractivity contribution >= 4 is 11.4 Å². The summed E-state index contributed by atoms with van der Waals surface area (Å²) in [6.45, 7) is 1.89. The molecule has 1 N–H and O–H groups in total. The third-order valence-corrected chi connectivity index (χ3v) is 6.15. The van der Waals surface area contributed by atoms with Crippen LogP contribution in [0, 0.1) is 10.1 Å². The van der Waals surface area contributed by atoms with Crippen LogP contribution >= 0.6 is 0 Å². The summed E-state index contributed by atoms with van der Waals surface area (Å²) in [5.74, 6) is 0.723. The van der Waals surface area contributed by atoms with Gasteiger partial charge in [-0.3, -0.25) is 25.0 Å². The van der Waals surface area contributed by atoms with Gasteiger partial charge in [0.05, 0.1) is 35.0 Å². The average Bonchev–Trinajstić information content (AvgIpc) is 2.98.